The minimum atomic E-state index is -1.27. The number of ketones is 7. The predicted molar refractivity (Wildman–Crippen MR) is 160 cm³/mol. The van der Waals surface area contributed by atoms with Gasteiger partial charge in [0.15, 0.2) is 11.6 Å². The molecule has 0 aromatic carbocycles. The van der Waals surface area contributed by atoms with Gasteiger partial charge < -0.3 is 45.6 Å². The van der Waals surface area contributed by atoms with E-state index >= 15 is 0 Å². The van der Waals surface area contributed by atoms with E-state index in [-0.39, 0.29) is 44.6 Å². The molecule has 15 nitrogen and oxygen atoms in total. The number of hydrogen-bond donors (Lipinski definition) is 2. The number of rotatable bonds is 0. The maximum Gasteiger partial charge on any atom is 0.231 e. The van der Waals surface area contributed by atoms with E-state index in [4.69, 9.17) is 10.2 Å². The molecule has 6 atom stereocenters. The summed E-state index contributed by atoms with van der Waals surface area (Å²) in [6.07, 6.45) is -4.33. The summed E-state index contributed by atoms with van der Waals surface area (Å²) in [4.78, 5) is 74.8. The molecule has 0 spiro atoms. The first-order chi connectivity index (χ1) is 22.8. The van der Waals surface area contributed by atoms with E-state index in [9.17, 15) is 64.2 Å². The van der Waals surface area contributed by atoms with Gasteiger partial charge in [-0.2, -0.15) is 0 Å². The van der Waals surface area contributed by atoms with Crippen LogP contribution in [0.25, 0.3) is 0 Å². The van der Waals surface area contributed by atoms with Crippen LogP contribution in [0.1, 0.15) is 41.5 Å². The van der Waals surface area contributed by atoms with Crippen LogP contribution in [0.2, 0.25) is 0 Å². The van der Waals surface area contributed by atoms with Crippen molar-refractivity contribution in [1.29, 1.82) is 0 Å². The standard InChI is InChI=1S/C7H10O3.2C7H8O3.2C7H6O3/c5*1-3-5(8)4(2)7(10)6(3)9/h3-6H,1-2H3;2*5,8,10H,1H2,2H3;2*8H,1H2,2H3/q-2;;;;/p-4. The summed E-state index contributed by atoms with van der Waals surface area (Å²) in [6, 6.07) is 0. The van der Waals surface area contributed by atoms with Crippen LogP contribution >= 0.6 is 0 Å². The fraction of sp³-hybridized carbons (Fsp3) is 0.343. The quantitative estimate of drug-likeness (QED) is 0.178. The zero-order valence-corrected chi connectivity index (χ0v) is 28.0. The Morgan fingerprint density at radius 3 is 0.880 bits per heavy atom. The van der Waals surface area contributed by atoms with E-state index in [0.717, 1.165) is 0 Å². The second-order valence-electron chi connectivity index (χ2n) is 11.7. The van der Waals surface area contributed by atoms with Gasteiger partial charge in [-0.05, 0) is 50.0 Å². The van der Waals surface area contributed by atoms with Gasteiger partial charge in [0.05, 0.1) is 0 Å². The molecule has 0 aliphatic heterocycles. The molecule has 0 saturated heterocycles. The van der Waals surface area contributed by atoms with Crippen molar-refractivity contribution in [3.63, 3.8) is 0 Å². The smallest absolute Gasteiger partial charge is 0.231 e. The fourth-order valence-electron chi connectivity index (χ4n) is 4.46. The summed E-state index contributed by atoms with van der Waals surface area (Å²) in [5.41, 5.74) is -0.120. The second kappa shape index (κ2) is 16.4. The maximum absolute atomic E-state index is 11.0. The first-order valence-corrected chi connectivity index (χ1v) is 14.5. The van der Waals surface area contributed by atoms with Crippen molar-refractivity contribution in [2.24, 2.45) is 11.8 Å². The summed E-state index contributed by atoms with van der Waals surface area (Å²) < 4.78 is 0. The lowest BCUT2D eigenvalue weighted by Crippen LogP contribution is -2.39. The van der Waals surface area contributed by atoms with Gasteiger partial charge in [0, 0.05) is 28.2 Å². The van der Waals surface area contributed by atoms with Gasteiger partial charge in [0.25, 0.3) is 0 Å². The zero-order valence-electron chi connectivity index (χ0n) is 28.0. The highest BCUT2D eigenvalue weighted by Gasteiger charge is 2.32. The third-order valence-corrected chi connectivity index (χ3v) is 8.28. The van der Waals surface area contributed by atoms with E-state index in [0.29, 0.717) is 0 Å². The Bertz CT molecular complexity index is 1580. The van der Waals surface area contributed by atoms with Gasteiger partial charge in [-0.25, -0.2) is 0 Å². The molecular weight excluding hydrogens is 660 g/mol. The minimum absolute atomic E-state index is 0.0116. The van der Waals surface area contributed by atoms with Crippen LogP contribution in [0.5, 0.6) is 0 Å². The summed E-state index contributed by atoms with van der Waals surface area (Å²) >= 11 is 0. The van der Waals surface area contributed by atoms with Crippen molar-refractivity contribution >= 4 is 40.5 Å². The summed E-state index contributed by atoms with van der Waals surface area (Å²) in [5, 5.41) is 82.8. The average Bonchev–Trinajstić information content (AvgIpc) is 3.60. The largest absolute Gasteiger partial charge is 0.872 e. The van der Waals surface area contributed by atoms with Gasteiger partial charge >= 0.3 is 0 Å². The molecule has 270 valence electrons. The van der Waals surface area contributed by atoms with Gasteiger partial charge in [-0.1, -0.05) is 75.2 Å². The molecule has 5 aliphatic rings. The van der Waals surface area contributed by atoms with E-state index in [1.807, 2.05) is 0 Å². The lowest BCUT2D eigenvalue weighted by Gasteiger charge is -2.28. The highest BCUT2D eigenvalue weighted by Crippen LogP contribution is 2.25. The molecule has 1 saturated carbocycles. The van der Waals surface area contributed by atoms with Crippen molar-refractivity contribution in [3.8, 4) is 0 Å². The van der Waals surface area contributed by atoms with Gasteiger partial charge in [0.1, 0.15) is 18.0 Å². The number of hydrogen-bond acceptors (Lipinski definition) is 15. The third-order valence-electron chi connectivity index (χ3n) is 8.28. The maximum atomic E-state index is 11.0. The molecule has 1 fully saturated rings. The molecule has 0 heterocycles. The van der Waals surface area contributed by atoms with Crippen molar-refractivity contribution < 1.29 is 74.4 Å². The van der Waals surface area contributed by atoms with Crippen LogP contribution < -0.4 is 30.6 Å². The molecule has 0 aromatic heterocycles. The fourth-order valence-corrected chi connectivity index (χ4v) is 4.46. The molecule has 0 radical (unpaired) electrons. The van der Waals surface area contributed by atoms with Crippen LogP contribution in [0.15, 0.2) is 93.9 Å². The first-order valence-electron chi connectivity index (χ1n) is 14.5. The SMILES string of the molecule is C=C1C(=O)C(=O)C(C)=C1[O-].C=C1C(=O)C(=O)C(C)=C1[O-].C=C1C(=O)C([O-])=C(C)C1O.C=C1C(=O)C([O-])=C(C)C1O.CC1C(=O)C([O-])C(C)C1[O-]. The molecule has 0 amide bonds. The molecular formula is C35H34O15-6. The zero-order chi connectivity index (χ0) is 39.4. The van der Waals surface area contributed by atoms with Gasteiger partial charge in [-0.15, -0.1) is 6.10 Å². The minimum Gasteiger partial charge on any atom is -0.872 e. The normalized spacial score (nSPS) is 27.8. The molecule has 0 bridgehead atoms. The van der Waals surface area contributed by atoms with E-state index in [1.54, 1.807) is 6.92 Å². The number of carbonyl (C=O) groups excluding carboxylic acids is 7. The lowest BCUT2D eigenvalue weighted by molar-refractivity contribution is -0.463. The molecule has 2 N–H and O–H groups in total. The van der Waals surface area contributed by atoms with Crippen molar-refractivity contribution in [3.05, 3.63) is 93.9 Å². The first kappa shape index (κ1) is 42.7. The van der Waals surface area contributed by atoms with Crippen molar-refractivity contribution in [1.82, 2.24) is 0 Å². The van der Waals surface area contributed by atoms with Crippen LogP contribution in [-0.4, -0.2) is 75.1 Å². The van der Waals surface area contributed by atoms with Crippen LogP contribution in [-0.2, 0) is 33.6 Å². The Hall–Kier alpha value is -5.35. The predicted octanol–water partition coefficient (Wildman–Crippen LogP) is -4.80. The number of carbonyl (C=O) groups is 7. The van der Waals surface area contributed by atoms with Crippen LogP contribution in [0.4, 0.5) is 0 Å². The summed E-state index contributed by atoms with van der Waals surface area (Å²) in [5.74, 6) is -8.04. The van der Waals surface area contributed by atoms with E-state index < -0.39 is 99.8 Å². The van der Waals surface area contributed by atoms with Gasteiger partial charge in [0.2, 0.25) is 23.1 Å². The highest BCUT2D eigenvalue weighted by atomic mass is 16.3. The van der Waals surface area contributed by atoms with E-state index in [1.165, 1.54) is 34.6 Å². The Morgan fingerprint density at radius 2 is 0.820 bits per heavy atom. The Morgan fingerprint density at radius 1 is 0.520 bits per heavy atom. The Kier molecular flexibility index (Phi) is 14.0. The lowest BCUT2D eigenvalue weighted by atomic mass is 10.0. The Balaban J connectivity index is 0.000000312. The molecule has 6 unspecified atom stereocenters. The van der Waals surface area contributed by atoms with Crippen molar-refractivity contribution in [2.75, 3.05) is 0 Å². The summed E-state index contributed by atoms with van der Waals surface area (Å²) in [7, 11) is 0. The third kappa shape index (κ3) is 8.26. The molecule has 15 heteroatoms. The van der Waals surface area contributed by atoms with E-state index in [2.05, 4.69) is 26.3 Å². The number of aliphatic hydroxyl groups is 2. The monoisotopic (exact) mass is 694 g/mol. The van der Waals surface area contributed by atoms with Crippen LogP contribution in [0, 0.1) is 11.8 Å². The number of allylic oxidation sites excluding steroid dienone is 6. The summed E-state index contributed by atoms with van der Waals surface area (Å²) in [6.45, 7) is 21.5. The number of Topliss-reactive ketones (excluding diaryl/α,β-unsaturated/α-hetero) is 7. The number of aliphatic hydroxyl groups excluding tert-OH is 2. The molecule has 5 rings (SSSR count). The van der Waals surface area contributed by atoms with Crippen LogP contribution in [0.3, 0.4) is 0 Å². The molecule has 0 aromatic rings. The molecule has 50 heavy (non-hydrogen) atoms. The topological polar surface area (TPSA) is 298 Å². The van der Waals surface area contributed by atoms with Gasteiger partial charge in [-0.3, -0.25) is 28.8 Å². The molecule has 5 aliphatic carbocycles. The van der Waals surface area contributed by atoms with Crippen molar-refractivity contribution in [2.45, 2.75) is 66.0 Å². The second-order valence-corrected chi connectivity index (χ2v) is 11.7. The highest BCUT2D eigenvalue weighted by molar-refractivity contribution is 6.53. The average molecular weight is 695 g/mol. The Labute approximate surface area is 286 Å².